The maximum absolute atomic E-state index is 8.86. The van der Waals surface area contributed by atoms with Gasteiger partial charge in [-0.25, -0.2) is 5.84 Å². The summed E-state index contributed by atoms with van der Waals surface area (Å²) in [7, 11) is 3.90. The van der Waals surface area contributed by atoms with Gasteiger partial charge in [0.2, 0.25) is 0 Å². The second-order valence-electron chi connectivity index (χ2n) is 3.02. The van der Waals surface area contributed by atoms with E-state index in [1.165, 1.54) is 11.1 Å². The Labute approximate surface area is 76.5 Å². The monoisotopic (exact) mass is 186 g/mol. The molecule has 0 fully saturated rings. The van der Waals surface area contributed by atoms with Crippen molar-refractivity contribution in [2.45, 2.75) is 0 Å². The SMILES string of the molecule is CN(C)CCN(N)c1cc(O)on1. The molecular weight excluding hydrogens is 172 g/mol. The van der Waals surface area contributed by atoms with E-state index < -0.39 is 0 Å². The second kappa shape index (κ2) is 4.11. The van der Waals surface area contributed by atoms with Gasteiger partial charge in [-0.2, -0.15) is 0 Å². The molecule has 1 aromatic rings. The lowest BCUT2D eigenvalue weighted by Gasteiger charge is -2.17. The predicted octanol–water partition coefficient (Wildman–Crippen LogP) is -0.378. The lowest BCUT2D eigenvalue weighted by atomic mass is 10.5. The van der Waals surface area contributed by atoms with Crippen molar-refractivity contribution in [2.24, 2.45) is 5.84 Å². The summed E-state index contributed by atoms with van der Waals surface area (Å²) in [5.41, 5.74) is 0. The molecule has 0 aromatic carbocycles. The Bertz CT molecular complexity index is 261. The highest BCUT2D eigenvalue weighted by Crippen LogP contribution is 2.15. The number of rotatable bonds is 4. The van der Waals surface area contributed by atoms with Crippen molar-refractivity contribution >= 4 is 5.82 Å². The largest absolute Gasteiger partial charge is 0.479 e. The van der Waals surface area contributed by atoms with E-state index in [9.17, 15) is 0 Å². The van der Waals surface area contributed by atoms with E-state index in [0.717, 1.165) is 6.54 Å². The van der Waals surface area contributed by atoms with Gasteiger partial charge in [0.15, 0.2) is 5.82 Å². The van der Waals surface area contributed by atoms with Crippen molar-refractivity contribution < 1.29 is 9.63 Å². The molecule has 0 bridgehead atoms. The molecule has 1 heterocycles. The molecule has 0 unspecified atom stereocenters. The summed E-state index contributed by atoms with van der Waals surface area (Å²) < 4.78 is 4.46. The van der Waals surface area contributed by atoms with E-state index in [0.29, 0.717) is 12.4 Å². The lowest BCUT2D eigenvalue weighted by Crippen LogP contribution is -2.37. The highest BCUT2D eigenvalue weighted by molar-refractivity contribution is 5.37. The molecule has 0 radical (unpaired) electrons. The zero-order valence-corrected chi connectivity index (χ0v) is 7.77. The average Bonchev–Trinajstić information content (AvgIpc) is 2.47. The minimum Gasteiger partial charge on any atom is -0.479 e. The van der Waals surface area contributed by atoms with E-state index in [4.69, 9.17) is 10.9 Å². The molecule has 74 valence electrons. The van der Waals surface area contributed by atoms with E-state index in [1.54, 1.807) is 0 Å². The number of aromatic nitrogens is 1. The van der Waals surface area contributed by atoms with E-state index >= 15 is 0 Å². The van der Waals surface area contributed by atoms with Crippen molar-refractivity contribution in [3.8, 4) is 5.95 Å². The molecule has 0 saturated carbocycles. The Kier molecular flexibility index (Phi) is 3.10. The Hall–Kier alpha value is -1.27. The van der Waals surface area contributed by atoms with Gasteiger partial charge in [0.25, 0.3) is 0 Å². The highest BCUT2D eigenvalue weighted by atomic mass is 16.5. The summed E-state index contributed by atoms with van der Waals surface area (Å²) in [5.74, 6) is 5.83. The summed E-state index contributed by atoms with van der Waals surface area (Å²) in [6, 6.07) is 1.37. The first-order chi connectivity index (χ1) is 6.09. The number of anilines is 1. The topological polar surface area (TPSA) is 78.8 Å². The Morgan fingerprint density at radius 3 is 2.69 bits per heavy atom. The number of aromatic hydroxyl groups is 1. The Morgan fingerprint density at radius 2 is 2.23 bits per heavy atom. The molecule has 0 saturated heterocycles. The predicted molar refractivity (Wildman–Crippen MR) is 48.3 cm³/mol. The first kappa shape index (κ1) is 9.82. The van der Waals surface area contributed by atoms with E-state index in [2.05, 4.69) is 9.68 Å². The average molecular weight is 186 g/mol. The van der Waals surface area contributed by atoms with Crippen molar-refractivity contribution in [3.63, 3.8) is 0 Å². The number of nitrogens with zero attached hydrogens (tertiary/aromatic N) is 3. The number of nitrogens with two attached hydrogens (primary N) is 1. The summed E-state index contributed by atoms with van der Waals surface area (Å²) in [4.78, 5) is 2.00. The zero-order chi connectivity index (χ0) is 9.84. The maximum atomic E-state index is 8.86. The zero-order valence-electron chi connectivity index (χ0n) is 7.77. The quantitative estimate of drug-likeness (QED) is 0.493. The van der Waals surface area contributed by atoms with Gasteiger partial charge in [-0.3, -0.25) is 5.01 Å². The molecule has 1 rings (SSSR count). The van der Waals surface area contributed by atoms with Crippen LogP contribution in [-0.2, 0) is 0 Å². The fourth-order valence-corrected chi connectivity index (χ4v) is 0.814. The molecule has 13 heavy (non-hydrogen) atoms. The van der Waals surface area contributed by atoms with Gasteiger partial charge >= 0.3 is 5.95 Å². The van der Waals surface area contributed by atoms with Crippen LogP contribution in [0.2, 0.25) is 0 Å². The Morgan fingerprint density at radius 1 is 1.54 bits per heavy atom. The van der Waals surface area contributed by atoms with Crippen LogP contribution in [0.25, 0.3) is 0 Å². The summed E-state index contributed by atoms with van der Waals surface area (Å²) in [5, 5.41) is 13.8. The van der Waals surface area contributed by atoms with Crippen molar-refractivity contribution in [2.75, 3.05) is 32.2 Å². The van der Waals surface area contributed by atoms with Crippen LogP contribution in [0.5, 0.6) is 5.95 Å². The summed E-state index contributed by atoms with van der Waals surface area (Å²) in [6.07, 6.45) is 0. The molecule has 6 nitrogen and oxygen atoms in total. The minimum atomic E-state index is -0.227. The molecule has 0 amide bonds. The summed E-state index contributed by atoms with van der Waals surface area (Å²) in [6.45, 7) is 1.43. The molecule has 0 aliphatic rings. The maximum Gasteiger partial charge on any atom is 0.310 e. The van der Waals surface area contributed by atoms with Gasteiger partial charge in [-0.1, -0.05) is 5.16 Å². The highest BCUT2D eigenvalue weighted by Gasteiger charge is 2.07. The van der Waals surface area contributed by atoms with Crippen LogP contribution >= 0.6 is 0 Å². The lowest BCUT2D eigenvalue weighted by molar-refractivity contribution is 0.278. The molecule has 0 spiro atoms. The standard InChI is InChI=1S/C7H14N4O2/c1-10(2)3-4-11(8)6-5-7(12)13-9-6/h5,12H,3-4,8H2,1-2H3. The fraction of sp³-hybridized carbons (Fsp3) is 0.571. The fourth-order valence-electron chi connectivity index (χ4n) is 0.814. The molecule has 0 aliphatic carbocycles. The van der Waals surface area contributed by atoms with Gasteiger partial charge in [0.1, 0.15) is 0 Å². The van der Waals surface area contributed by atoms with E-state index in [-0.39, 0.29) is 5.95 Å². The van der Waals surface area contributed by atoms with Crippen LogP contribution in [-0.4, -0.2) is 42.3 Å². The van der Waals surface area contributed by atoms with Crippen LogP contribution in [0.1, 0.15) is 0 Å². The molecular formula is C7H14N4O2. The van der Waals surface area contributed by atoms with Gasteiger partial charge < -0.3 is 14.5 Å². The smallest absolute Gasteiger partial charge is 0.310 e. The first-order valence-electron chi connectivity index (χ1n) is 3.92. The van der Waals surface area contributed by atoms with Crippen molar-refractivity contribution in [1.82, 2.24) is 10.1 Å². The first-order valence-corrected chi connectivity index (χ1v) is 3.92. The van der Waals surface area contributed by atoms with Crippen LogP contribution in [0.3, 0.4) is 0 Å². The van der Waals surface area contributed by atoms with Crippen molar-refractivity contribution in [3.05, 3.63) is 6.07 Å². The van der Waals surface area contributed by atoms with Gasteiger partial charge in [-0.05, 0) is 14.1 Å². The number of likely N-dealkylation sites (N-methyl/N-ethyl adjacent to an activating group) is 1. The minimum absolute atomic E-state index is 0.227. The third-order valence-corrected chi connectivity index (χ3v) is 1.57. The van der Waals surface area contributed by atoms with E-state index in [1.807, 2.05) is 19.0 Å². The van der Waals surface area contributed by atoms with Crippen LogP contribution in [0.4, 0.5) is 5.82 Å². The third kappa shape index (κ3) is 2.92. The third-order valence-electron chi connectivity index (χ3n) is 1.57. The van der Waals surface area contributed by atoms with Gasteiger partial charge in [0, 0.05) is 13.1 Å². The normalized spacial score (nSPS) is 10.8. The van der Waals surface area contributed by atoms with Gasteiger partial charge in [-0.15, -0.1) is 0 Å². The molecule has 0 atom stereocenters. The molecule has 3 N–H and O–H groups in total. The number of hydrazine groups is 1. The molecule has 6 heteroatoms. The number of hydrogen-bond acceptors (Lipinski definition) is 6. The van der Waals surface area contributed by atoms with Crippen LogP contribution < -0.4 is 10.9 Å². The molecule has 1 aromatic heterocycles. The van der Waals surface area contributed by atoms with Crippen LogP contribution in [0, 0.1) is 0 Å². The van der Waals surface area contributed by atoms with Gasteiger partial charge in [0.05, 0.1) is 6.07 Å². The number of hydrogen-bond donors (Lipinski definition) is 2. The summed E-state index contributed by atoms with van der Waals surface area (Å²) >= 11 is 0. The van der Waals surface area contributed by atoms with Crippen molar-refractivity contribution in [1.29, 1.82) is 0 Å². The molecule has 0 aliphatic heterocycles. The van der Waals surface area contributed by atoms with Crippen LogP contribution in [0.15, 0.2) is 10.6 Å². The second-order valence-corrected chi connectivity index (χ2v) is 3.02. The Balaban J connectivity index is 2.44.